The summed E-state index contributed by atoms with van der Waals surface area (Å²) in [5.74, 6) is 1.51. The van der Waals surface area contributed by atoms with Crippen molar-refractivity contribution in [1.82, 2.24) is 19.9 Å². The monoisotopic (exact) mass is 465 g/mol. The van der Waals surface area contributed by atoms with Gasteiger partial charge < -0.3 is 19.7 Å². The van der Waals surface area contributed by atoms with Crippen molar-refractivity contribution >= 4 is 17.2 Å². The Labute approximate surface area is 201 Å². The maximum Gasteiger partial charge on any atom is 0.220 e. The Balaban J connectivity index is 1.62. The Morgan fingerprint density at radius 3 is 2.68 bits per heavy atom. The number of amides is 1. The first-order chi connectivity index (χ1) is 16.4. The molecule has 0 unspecified atom stereocenters. The summed E-state index contributed by atoms with van der Waals surface area (Å²) in [6.07, 6.45) is 4.71. The van der Waals surface area contributed by atoms with Gasteiger partial charge in [-0.3, -0.25) is 4.79 Å². The number of rotatable bonds is 9. The molecular formula is C26H35N5O3. The largest absolute Gasteiger partial charge is 0.493 e. The summed E-state index contributed by atoms with van der Waals surface area (Å²) in [6.45, 7) is 7.80. The molecule has 1 aromatic carbocycles. The summed E-state index contributed by atoms with van der Waals surface area (Å²) in [7, 11) is 3.26. The lowest BCUT2D eigenvalue weighted by atomic mass is 10.1. The van der Waals surface area contributed by atoms with Crippen LogP contribution in [0.4, 0.5) is 5.69 Å². The summed E-state index contributed by atoms with van der Waals surface area (Å²) >= 11 is 0. The van der Waals surface area contributed by atoms with E-state index in [4.69, 9.17) is 19.6 Å². The number of aryl methyl sites for hydroxylation is 2. The second-order valence-electron chi connectivity index (χ2n) is 8.98. The van der Waals surface area contributed by atoms with Gasteiger partial charge >= 0.3 is 0 Å². The minimum atomic E-state index is 0.156. The number of benzene rings is 1. The highest BCUT2D eigenvalue weighted by atomic mass is 16.5. The third-order valence-electron chi connectivity index (χ3n) is 6.42. The molecule has 1 N–H and O–H groups in total. The molecule has 3 aromatic rings. The molecule has 0 aliphatic carbocycles. The molecule has 34 heavy (non-hydrogen) atoms. The number of fused-ring (bicyclic) bond motifs is 1. The highest BCUT2D eigenvalue weighted by Crippen LogP contribution is 2.35. The molecule has 1 aliphatic heterocycles. The Bertz CT molecular complexity index is 1170. The van der Waals surface area contributed by atoms with Crippen LogP contribution in [0.3, 0.4) is 0 Å². The van der Waals surface area contributed by atoms with Gasteiger partial charge in [-0.25, -0.2) is 9.50 Å². The second kappa shape index (κ2) is 10.3. The first-order valence-electron chi connectivity index (χ1n) is 12.1. The van der Waals surface area contributed by atoms with Gasteiger partial charge in [-0.05, 0) is 51.0 Å². The highest BCUT2D eigenvalue weighted by Gasteiger charge is 2.27. The van der Waals surface area contributed by atoms with Crippen molar-refractivity contribution in [3.05, 3.63) is 35.7 Å². The number of imidazole rings is 1. The molecule has 0 radical (unpaired) electrons. The molecule has 2 aromatic heterocycles. The number of aromatic nitrogens is 3. The van der Waals surface area contributed by atoms with Crippen molar-refractivity contribution < 1.29 is 14.3 Å². The zero-order valence-electron chi connectivity index (χ0n) is 20.9. The molecule has 0 bridgehead atoms. The normalized spacial score (nSPS) is 15.7. The van der Waals surface area contributed by atoms with Crippen LogP contribution in [0.25, 0.3) is 16.9 Å². The molecule has 182 valence electrons. The van der Waals surface area contributed by atoms with Crippen molar-refractivity contribution in [3.8, 4) is 22.8 Å². The van der Waals surface area contributed by atoms with Gasteiger partial charge in [-0.15, -0.1) is 0 Å². The quantitative estimate of drug-likeness (QED) is 0.475. The number of hydrogen-bond acceptors (Lipinski definition) is 6. The van der Waals surface area contributed by atoms with Gasteiger partial charge in [0.2, 0.25) is 5.91 Å². The van der Waals surface area contributed by atoms with E-state index in [-0.39, 0.29) is 11.9 Å². The second-order valence-corrected chi connectivity index (χ2v) is 8.98. The fourth-order valence-corrected chi connectivity index (χ4v) is 4.71. The zero-order chi connectivity index (χ0) is 24.2. The van der Waals surface area contributed by atoms with E-state index in [1.54, 1.807) is 14.2 Å². The van der Waals surface area contributed by atoms with Crippen LogP contribution in [-0.2, 0) is 4.79 Å². The van der Waals surface area contributed by atoms with E-state index in [1.807, 2.05) is 36.6 Å². The smallest absolute Gasteiger partial charge is 0.220 e. The minimum absolute atomic E-state index is 0.156. The van der Waals surface area contributed by atoms with Crippen LogP contribution in [0.5, 0.6) is 11.5 Å². The number of hydrogen-bond donors (Lipinski definition) is 1. The molecule has 1 saturated heterocycles. The third-order valence-corrected chi connectivity index (χ3v) is 6.42. The van der Waals surface area contributed by atoms with Gasteiger partial charge in [-0.1, -0.05) is 19.8 Å². The van der Waals surface area contributed by atoms with E-state index in [0.29, 0.717) is 17.9 Å². The lowest BCUT2D eigenvalue weighted by molar-refractivity contribution is -0.121. The summed E-state index contributed by atoms with van der Waals surface area (Å²) in [5.41, 5.74) is 5.57. The van der Waals surface area contributed by atoms with E-state index < -0.39 is 0 Å². The molecule has 8 heteroatoms. The summed E-state index contributed by atoms with van der Waals surface area (Å²) < 4.78 is 12.8. The van der Waals surface area contributed by atoms with Gasteiger partial charge in [0.1, 0.15) is 0 Å². The number of carbonyl (C=O) groups excluding carboxylic acids is 1. The molecule has 0 spiro atoms. The average molecular weight is 466 g/mol. The van der Waals surface area contributed by atoms with Crippen molar-refractivity contribution in [2.75, 3.05) is 32.2 Å². The number of nitrogens with one attached hydrogen (secondary N) is 1. The third kappa shape index (κ3) is 4.81. The number of ether oxygens (including phenoxy) is 2. The van der Waals surface area contributed by atoms with Crippen molar-refractivity contribution in [1.29, 1.82) is 0 Å². The number of nitrogens with zero attached hydrogens (tertiary/aromatic N) is 4. The molecule has 8 nitrogen and oxygen atoms in total. The lowest BCUT2D eigenvalue weighted by Crippen LogP contribution is -2.37. The van der Waals surface area contributed by atoms with Crippen LogP contribution < -0.4 is 19.7 Å². The van der Waals surface area contributed by atoms with Crippen molar-refractivity contribution in [2.45, 2.75) is 58.9 Å². The number of carbonyl (C=O) groups is 1. The van der Waals surface area contributed by atoms with Gasteiger partial charge in [0, 0.05) is 31.1 Å². The molecule has 1 atom stereocenters. The number of anilines is 1. The van der Waals surface area contributed by atoms with E-state index in [2.05, 4.69) is 23.2 Å². The predicted molar refractivity (Wildman–Crippen MR) is 134 cm³/mol. The number of unbranched alkanes of at least 4 members (excludes halogenated alkanes) is 2. The Morgan fingerprint density at radius 2 is 1.94 bits per heavy atom. The zero-order valence-corrected chi connectivity index (χ0v) is 20.9. The average Bonchev–Trinajstić information content (AvgIpc) is 3.41. The van der Waals surface area contributed by atoms with Gasteiger partial charge in [0.25, 0.3) is 0 Å². The summed E-state index contributed by atoms with van der Waals surface area (Å²) in [4.78, 5) is 19.5. The predicted octanol–water partition coefficient (Wildman–Crippen LogP) is 4.31. The first-order valence-corrected chi connectivity index (χ1v) is 12.1. The molecule has 0 saturated carbocycles. The van der Waals surface area contributed by atoms with Gasteiger partial charge in [-0.2, -0.15) is 5.10 Å². The summed E-state index contributed by atoms with van der Waals surface area (Å²) in [6, 6.07) is 8.10. The van der Waals surface area contributed by atoms with Crippen molar-refractivity contribution in [2.24, 2.45) is 0 Å². The minimum Gasteiger partial charge on any atom is -0.493 e. The lowest BCUT2D eigenvalue weighted by Gasteiger charge is -2.20. The number of methoxy groups -OCH3 is 2. The van der Waals surface area contributed by atoms with Crippen LogP contribution in [0.2, 0.25) is 0 Å². The molecule has 1 aliphatic rings. The Kier molecular flexibility index (Phi) is 7.24. The first kappa shape index (κ1) is 23.9. The molecule has 3 heterocycles. The molecule has 1 fully saturated rings. The van der Waals surface area contributed by atoms with Crippen LogP contribution >= 0.6 is 0 Å². The van der Waals surface area contributed by atoms with E-state index in [0.717, 1.165) is 72.8 Å². The van der Waals surface area contributed by atoms with E-state index in [1.165, 1.54) is 0 Å². The maximum atomic E-state index is 12.3. The van der Waals surface area contributed by atoms with E-state index >= 15 is 0 Å². The van der Waals surface area contributed by atoms with Crippen molar-refractivity contribution in [3.63, 3.8) is 0 Å². The van der Waals surface area contributed by atoms with Gasteiger partial charge in [0.15, 0.2) is 17.1 Å². The molecular weight excluding hydrogens is 430 g/mol. The molecule has 1 amide bonds. The van der Waals surface area contributed by atoms with Crippen LogP contribution in [0.1, 0.15) is 50.4 Å². The Hall–Kier alpha value is -3.29. The maximum absolute atomic E-state index is 12.3. The van der Waals surface area contributed by atoms with Crippen LogP contribution in [0.15, 0.2) is 24.3 Å². The Morgan fingerprint density at radius 1 is 1.15 bits per heavy atom. The fourth-order valence-electron chi connectivity index (χ4n) is 4.71. The SMILES string of the molecule is CCCCCC(=O)N[C@@H]1CCN(c2cc(C)nn3c(-c4ccc(OC)c(OC)c4)c(C)nc23)C1. The topological polar surface area (TPSA) is 81.0 Å². The van der Waals surface area contributed by atoms with Crippen LogP contribution in [-0.4, -0.2) is 53.9 Å². The van der Waals surface area contributed by atoms with Crippen LogP contribution in [0, 0.1) is 13.8 Å². The highest BCUT2D eigenvalue weighted by molar-refractivity contribution is 5.78. The molecule has 4 rings (SSSR count). The fraction of sp³-hybridized carbons (Fsp3) is 0.500. The van der Waals surface area contributed by atoms with Gasteiger partial charge in [0.05, 0.1) is 37.0 Å². The van der Waals surface area contributed by atoms with E-state index in [9.17, 15) is 4.79 Å². The standard InChI is InChI=1S/C26H35N5O3/c1-6-7-8-9-24(32)28-20-12-13-30(16-20)21-14-17(2)29-31-25(18(3)27-26(21)31)19-10-11-22(33-4)23(15-19)34-5/h10-11,14-15,20H,6-9,12-13,16H2,1-5H3,(H,28,32)/t20-/m1/s1. The summed E-state index contributed by atoms with van der Waals surface area (Å²) in [5, 5.41) is 8.01.